The fraction of sp³-hybridized carbons (Fsp3) is 0.778. The van der Waals surface area contributed by atoms with Crippen molar-refractivity contribution in [2.45, 2.75) is 70.5 Å². The van der Waals surface area contributed by atoms with Crippen molar-refractivity contribution in [2.24, 2.45) is 4.99 Å². The summed E-state index contributed by atoms with van der Waals surface area (Å²) in [4.78, 5) is 11.7. The smallest absolute Gasteiger partial charge is 0.191 e. The molecule has 1 aliphatic carbocycles. The molecule has 1 aromatic heterocycles. The van der Waals surface area contributed by atoms with Crippen molar-refractivity contribution in [3.05, 3.63) is 16.1 Å². The zero-order valence-corrected chi connectivity index (χ0v) is 15.9. The van der Waals surface area contributed by atoms with Crippen LogP contribution in [0.2, 0.25) is 0 Å². The van der Waals surface area contributed by atoms with E-state index in [0.717, 1.165) is 30.7 Å². The third-order valence-corrected chi connectivity index (χ3v) is 6.32. The van der Waals surface area contributed by atoms with Gasteiger partial charge in [-0.1, -0.05) is 19.8 Å². The third-order valence-electron chi connectivity index (χ3n) is 5.27. The van der Waals surface area contributed by atoms with E-state index in [1.165, 1.54) is 56.6 Å². The van der Waals surface area contributed by atoms with Crippen molar-refractivity contribution in [3.63, 3.8) is 0 Å². The van der Waals surface area contributed by atoms with Crippen molar-refractivity contribution < 1.29 is 0 Å². The number of aliphatic imine (C=N–C) groups is 1. The number of aromatic nitrogens is 1. The maximum atomic E-state index is 4.60. The van der Waals surface area contributed by atoms with E-state index >= 15 is 0 Å². The van der Waals surface area contributed by atoms with E-state index in [1.54, 1.807) is 11.3 Å². The highest BCUT2D eigenvalue weighted by Gasteiger charge is 2.27. The molecule has 2 heterocycles. The predicted molar refractivity (Wildman–Crippen MR) is 102 cm³/mol. The van der Waals surface area contributed by atoms with Crippen LogP contribution in [0.1, 0.15) is 56.2 Å². The average molecular weight is 350 g/mol. The number of nitrogens with zero attached hydrogens (tertiary/aromatic N) is 3. The molecule has 134 valence electrons. The van der Waals surface area contributed by atoms with Gasteiger partial charge in [-0.15, -0.1) is 11.3 Å². The monoisotopic (exact) mass is 349 g/mol. The Balaban J connectivity index is 1.41. The zero-order chi connectivity index (χ0) is 16.8. The molecule has 0 bridgehead atoms. The van der Waals surface area contributed by atoms with Crippen LogP contribution in [-0.2, 0) is 13.0 Å². The van der Waals surface area contributed by atoms with Gasteiger partial charge in [0.25, 0.3) is 0 Å². The Bertz CT molecular complexity index is 527. The van der Waals surface area contributed by atoms with Gasteiger partial charge < -0.3 is 15.5 Å². The first-order valence-corrected chi connectivity index (χ1v) is 10.3. The van der Waals surface area contributed by atoms with E-state index in [9.17, 15) is 0 Å². The molecule has 1 saturated carbocycles. The number of thiazole rings is 1. The Morgan fingerprint density at radius 1 is 1.29 bits per heavy atom. The van der Waals surface area contributed by atoms with Gasteiger partial charge in [-0.05, 0) is 32.1 Å². The number of guanidine groups is 1. The summed E-state index contributed by atoms with van der Waals surface area (Å²) in [5.74, 6) is 0.903. The lowest BCUT2D eigenvalue weighted by Crippen LogP contribution is -2.50. The fourth-order valence-electron chi connectivity index (χ4n) is 3.83. The summed E-state index contributed by atoms with van der Waals surface area (Å²) in [6.07, 6.45) is 9.12. The largest absolute Gasteiger partial charge is 0.354 e. The lowest BCUT2D eigenvalue weighted by Gasteiger charge is -2.36. The van der Waals surface area contributed by atoms with Gasteiger partial charge in [-0.2, -0.15) is 0 Å². The first-order chi connectivity index (χ1) is 11.8. The first-order valence-electron chi connectivity index (χ1n) is 9.43. The highest BCUT2D eigenvalue weighted by atomic mass is 32.1. The second-order valence-electron chi connectivity index (χ2n) is 6.90. The van der Waals surface area contributed by atoms with Gasteiger partial charge in [0.2, 0.25) is 0 Å². The Kier molecular flexibility index (Phi) is 6.49. The van der Waals surface area contributed by atoms with Crippen LogP contribution in [0.25, 0.3) is 0 Å². The van der Waals surface area contributed by atoms with Gasteiger partial charge in [-0.25, -0.2) is 4.98 Å². The Morgan fingerprint density at radius 2 is 2.04 bits per heavy atom. The van der Waals surface area contributed by atoms with E-state index in [2.05, 4.69) is 37.8 Å². The predicted octanol–water partition coefficient (Wildman–Crippen LogP) is 2.78. The molecule has 1 aliphatic heterocycles. The van der Waals surface area contributed by atoms with Crippen LogP contribution in [-0.4, -0.2) is 48.1 Å². The van der Waals surface area contributed by atoms with Gasteiger partial charge in [0.05, 0.1) is 17.2 Å². The highest BCUT2D eigenvalue weighted by Crippen LogP contribution is 2.26. The van der Waals surface area contributed by atoms with E-state index in [1.807, 2.05) is 7.05 Å². The number of nitrogens with one attached hydrogen (secondary N) is 2. The SMILES string of the molecule is CCc1nc(CNC(=NC)NC2CCN(C3CCCC3)CC2)cs1. The van der Waals surface area contributed by atoms with Crippen LogP contribution in [0, 0.1) is 0 Å². The van der Waals surface area contributed by atoms with Crippen LogP contribution in [0.5, 0.6) is 0 Å². The van der Waals surface area contributed by atoms with Crippen LogP contribution in [0.4, 0.5) is 0 Å². The summed E-state index contributed by atoms with van der Waals surface area (Å²) in [6, 6.07) is 1.40. The molecule has 0 atom stereocenters. The molecular weight excluding hydrogens is 318 g/mol. The molecule has 1 saturated heterocycles. The van der Waals surface area contributed by atoms with Gasteiger partial charge in [0.1, 0.15) is 0 Å². The highest BCUT2D eigenvalue weighted by molar-refractivity contribution is 7.09. The van der Waals surface area contributed by atoms with Crippen molar-refractivity contribution in [3.8, 4) is 0 Å². The quantitative estimate of drug-likeness (QED) is 0.634. The van der Waals surface area contributed by atoms with E-state index in [0.29, 0.717) is 6.04 Å². The van der Waals surface area contributed by atoms with Gasteiger partial charge in [0.15, 0.2) is 5.96 Å². The molecule has 0 aromatic carbocycles. The number of hydrogen-bond donors (Lipinski definition) is 2. The minimum Gasteiger partial charge on any atom is -0.354 e. The second-order valence-corrected chi connectivity index (χ2v) is 7.85. The summed E-state index contributed by atoms with van der Waals surface area (Å²) >= 11 is 1.74. The molecule has 0 unspecified atom stereocenters. The molecule has 24 heavy (non-hydrogen) atoms. The van der Waals surface area contributed by atoms with Crippen LogP contribution in [0.15, 0.2) is 10.4 Å². The molecule has 3 rings (SSSR count). The molecular formula is C18H31N5S. The molecule has 1 aromatic rings. The van der Waals surface area contributed by atoms with Crippen LogP contribution in [0.3, 0.4) is 0 Å². The molecule has 0 radical (unpaired) electrons. The summed E-state index contributed by atoms with van der Waals surface area (Å²) in [5, 5.41) is 10.3. The number of piperidine rings is 1. The Labute approximate surface area is 150 Å². The molecule has 0 amide bonds. The molecule has 2 N–H and O–H groups in total. The van der Waals surface area contributed by atoms with Gasteiger partial charge in [0, 0.05) is 37.6 Å². The topological polar surface area (TPSA) is 52.6 Å². The standard InChI is InChI=1S/C18H31N5S/c1-3-17-21-15(13-24-17)12-20-18(19-2)22-14-8-10-23(11-9-14)16-6-4-5-7-16/h13-14,16H,3-12H2,1-2H3,(H2,19,20,22). The number of hydrogen-bond acceptors (Lipinski definition) is 4. The first kappa shape index (κ1) is 17.7. The van der Waals surface area contributed by atoms with E-state index in [4.69, 9.17) is 0 Å². The van der Waals surface area contributed by atoms with Crippen molar-refractivity contribution in [1.82, 2.24) is 20.5 Å². The summed E-state index contributed by atoms with van der Waals surface area (Å²) in [6.45, 7) is 5.35. The number of rotatable bonds is 5. The summed E-state index contributed by atoms with van der Waals surface area (Å²) < 4.78 is 0. The van der Waals surface area contributed by atoms with E-state index in [-0.39, 0.29) is 0 Å². The summed E-state index contributed by atoms with van der Waals surface area (Å²) in [7, 11) is 1.85. The van der Waals surface area contributed by atoms with Gasteiger partial charge >= 0.3 is 0 Å². The number of aryl methyl sites for hydroxylation is 1. The number of likely N-dealkylation sites (tertiary alicyclic amines) is 1. The van der Waals surface area contributed by atoms with Crippen molar-refractivity contribution >= 4 is 17.3 Å². The Hall–Kier alpha value is -1.14. The van der Waals surface area contributed by atoms with Crippen LogP contribution < -0.4 is 10.6 Å². The minimum atomic E-state index is 0.537. The average Bonchev–Trinajstić information content (AvgIpc) is 3.30. The molecule has 0 spiro atoms. The summed E-state index contributed by atoms with van der Waals surface area (Å²) in [5.41, 5.74) is 1.11. The van der Waals surface area contributed by atoms with Gasteiger partial charge in [-0.3, -0.25) is 4.99 Å². The third kappa shape index (κ3) is 4.70. The second kappa shape index (κ2) is 8.81. The zero-order valence-electron chi connectivity index (χ0n) is 15.1. The lowest BCUT2D eigenvalue weighted by molar-refractivity contribution is 0.150. The normalized spacial score (nSPS) is 21.3. The maximum absolute atomic E-state index is 4.60. The Morgan fingerprint density at radius 3 is 2.67 bits per heavy atom. The molecule has 6 heteroatoms. The fourth-order valence-corrected chi connectivity index (χ4v) is 4.58. The molecule has 2 aliphatic rings. The van der Waals surface area contributed by atoms with Crippen LogP contribution >= 0.6 is 11.3 Å². The maximum Gasteiger partial charge on any atom is 0.191 e. The minimum absolute atomic E-state index is 0.537. The van der Waals surface area contributed by atoms with Crippen molar-refractivity contribution in [1.29, 1.82) is 0 Å². The lowest BCUT2D eigenvalue weighted by atomic mass is 10.0. The van der Waals surface area contributed by atoms with Crippen molar-refractivity contribution in [2.75, 3.05) is 20.1 Å². The molecule has 5 nitrogen and oxygen atoms in total. The molecule has 2 fully saturated rings. The van der Waals surface area contributed by atoms with E-state index < -0.39 is 0 Å².